The van der Waals surface area contributed by atoms with Crippen molar-refractivity contribution in [3.05, 3.63) is 59.2 Å². The highest BCUT2D eigenvalue weighted by Gasteiger charge is 2.03. The van der Waals surface area contributed by atoms with Crippen LogP contribution in [0.5, 0.6) is 0 Å². The Bertz CT molecular complexity index is 512. The smallest absolute Gasteiger partial charge is 0.0202 e. The zero-order chi connectivity index (χ0) is 13.0. The van der Waals surface area contributed by atoms with E-state index in [-0.39, 0.29) is 0 Å². The van der Waals surface area contributed by atoms with Crippen LogP contribution in [0.15, 0.2) is 42.5 Å². The van der Waals surface area contributed by atoms with Crippen LogP contribution in [0, 0.1) is 6.92 Å². The molecule has 0 spiro atoms. The molecule has 0 atom stereocenters. The molecule has 2 aromatic carbocycles. The molecule has 0 fully saturated rings. The highest BCUT2D eigenvalue weighted by atomic mass is 14.8. The van der Waals surface area contributed by atoms with Crippen LogP contribution in [0.1, 0.15) is 23.6 Å². The van der Waals surface area contributed by atoms with Crippen molar-refractivity contribution < 1.29 is 0 Å². The van der Waals surface area contributed by atoms with Gasteiger partial charge in [0.2, 0.25) is 0 Å². The molecule has 0 heterocycles. The minimum atomic E-state index is 0.917. The zero-order valence-corrected chi connectivity index (χ0v) is 11.5. The summed E-state index contributed by atoms with van der Waals surface area (Å²) in [5, 5.41) is 3.20. The van der Waals surface area contributed by atoms with Gasteiger partial charge in [0, 0.05) is 6.54 Å². The van der Waals surface area contributed by atoms with E-state index in [2.05, 4.69) is 61.6 Å². The van der Waals surface area contributed by atoms with Crippen LogP contribution < -0.4 is 5.32 Å². The summed E-state index contributed by atoms with van der Waals surface area (Å²) in [7, 11) is 1.98. The topological polar surface area (TPSA) is 12.0 Å². The SMILES string of the molecule is CCc1ccc(-c2cc(CNC)ccc2C)cc1. The Balaban J connectivity index is 2.38. The third-order valence-electron chi connectivity index (χ3n) is 3.36. The second-order valence-corrected chi connectivity index (χ2v) is 4.73. The lowest BCUT2D eigenvalue weighted by molar-refractivity contribution is 0.818. The Labute approximate surface area is 110 Å². The summed E-state index contributed by atoms with van der Waals surface area (Å²) in [6.45, 7) is 5.28. The third kappa shape index (κ3) is 2.80. The second kappa shape index (κ2) is 5.83. The van der Waals surface area contributed by atoms with Gasteiger partial charge in [0.25, 0.3) is 0 Å². The van der Waals surface area contributed by atoms with E-state index < -0.39 is 0 Å². The minimum absolute atomic E-state index is 0.917. The number of rotatable bonds is 4. The number of aryl methyl sites for hydroxylation is 2. The monoisotopic (exact) mass is 239 g/mol. The first-order chi connectivity index (χ1) is 8.74. The van der Waals surface area contributed by atoms with E-state index in [0.717, 1.165) is 13.0 Å². The van der Waals surface area contributed by atoms with Gasteiger partial charge in [0.15, 0.2) is 0 Å². The third-order valence-corrected chi connectivity index (χ3v) is 3.36. The first-order valence-electron chi connectivity index (χ1n) is 6.58. The molecule has 0 saturated carbocycles. The fourth-order valence-corrected chi connectivity index (χ4v) is 2.21. The normalized spacial score (nSPS) is 10.6. The summed E-state index contributed by atoms with van der Waals surface area (Å²) >= 11 is 0. The molecule has 0 aliphatic heterocycles. The zero-order valence-electron chi connectivity index (χ0n) is 11.5. The van der Waals surface area contributed by atoms with E-state index >= 15 is 0 Å². The van der Waals surface area contributed by atoms with E-state index in [0.29, 0.717) is 0 Å². The van der Waals surface area contributed by atoms with Crippen LogP contribution in [0.4, 0.5) is 0 Å². The summed E-state index contributed by atoms with van der Waals surface area (Å²) < 4.78 is 0. The lowest BCUT2D eigenvalue weighted by Crippen LogP contribution is -2.05. The van der Waals surface area contributed by atoms with E-state index in [1.165, 1.54) is 27.8 Å². The molecular formula is C17H21N. The van der Waals surface area contributed by atoms with Gasteiger partial charge in [-0.1, -0.05) is 43.3 Å². The highest BCUT2D eigenvalue weighted by Crippen LogP contribution is 2.25. The lowest BCUT2D eigenvalue weighted by atomic mass is 9.97. The van der Waals surface area contributed by atoms with Gasteiger partial charge in [-0.2, -0.15) is 0 Å². The summed E-state index contributed by atoms with van der Waals surface area (Å²) in [6, 6.07) is 15.6. The molecule has 2 aromatic rings. The predicted molar refractivity (Wildman–Crippen MR) is 78.8 cm³/mol. The lowest BCUT2D eigenvalue weighted by Gasteiger charge is -2.10. The fraction of sp³-hybridized carbons (Fsp3) is 0.294. The maximum Gasteiger partial charge on any atom is 0.0202 e. The van der Waals surface area contributed by atoms with Crippen LogP contribution >= 0.6 is 0 Å². The van der Waals surface area contributed by atoms with Crippen LogP contribution in [0.2, 0.25) is 0 Å². The molecule has 0 aromatic heterocycles. The van der Waals surface area contributed by atoms with Crippen molar-refractivity contribution in [2.45, 2.75) is 26.8 Å². The van der Waals surface area contributed by atoms with Gasteiger partial charge in [-0.15, -0.1) is 0 Å². The van der Waals surface area contributed by atoms with Crippen LogP contribution in [0.3, 0.4) is 0 Å². The van der Waals surface area contributed by atoms with E-state index in [1.54, 1.807) is 0 Å². The summed E-state index contributed by atoms with van der Waals surface area (Å²) in [4.78, 5) is 0. The van der Waals surface area contributed by atoms with Gasteiger partial charge in [0.1, 0.15) is 0 Å². The van der Waals surface area contributed by atoms with E-state index in [9.17, 15) is 0 Å². The molecule has 0 aliphatic rings. The standard InChI is InChI=1S/C17H21N/c1-4-14-7-9-16(10-8-14)17-11-15(12-18-3)6-5-13(17)2/h5-11,18H,4,12H2,1-3H3. The van der Waals surface area contributed by atoms with Gasteiger partial charge < -0.3 is 5.32 Å². The second-order valence-electron chi connectivity index (χ2n) is 4.73. The number of benzene rings is 2. The first kappa shape index (κ1) is 12.8. The fourth-order valence-electron chi connectivity index (χ4n) is 2.21. The number of hydrogen-bond donors (Lipinski definition) is 1. The molecule has 0 amide bonds. The maximum atomic E-state index is 3.20. The molecule has 94 valence electrons. The highest BCUT2D eigenvalue weighted by molar-refractivity contribution is 5.68. The van der Waals surface area contributed by atoms with E-state index in [4.69, 9.17) is 0 Å². The van der Waals surface area contributed by atoms with Crippen molar-refractivity contribution in [1.29, 1.82) is 0 Å². The summed E-state index contributed by atoms with van der Waals surface area (Å²) in [5.74, 6) is 0. The van der Waals surface area contributed by atoms with Crippen molar-refractivity contribution in [1.82, 2.24) is 5.32 Å². The Morgan fingerprint density at radius 3 is 2.22 bits per heavy atom. The summed E-state index contributed by atoms with van der Waals surface area (Å²) in [6.07, 6.45) is 1.10. The molecular weight excluding hydrogens is 218 g/mol. The minimum Gasteiger partial charge on any atom is -0.316 e. The van der Waals surface area contributed by atoms with E-state index in [1.807, 2.05) is 7.05 Å². The van der Waals surface area contributed by atoms with Crippen molar-refractivity contribution in [3.63, 3.8) is 0 Å². The van der Waals surface area contributed by atoms with Crippen molar-refractivity contribution >= 4 is 0 Å². The molecule has 18 heavy (non-hydrogen) atoms. The molecule has 0 aliphatic carbocycles. The maximum absolute atomic E-state index is 3.20. The average Bonchev–Trinajstić information content (AvgIpc) is 2.41. The quantitative estimate of drug-likeness (QED) is 0.852. The molecule has 2 rings (SSSR count). The number of hydrogen-bond acceptors (Lipinski definition) is 1. The molecule has 0 radical (unpaired) electrons. The molecule has 1 nitrogen and oxygen atoms in total. The van der Waals surface area contributed by atoms with Gasteiger partial charge in [-0.25, -0.2) is 0 Å². The Morgan fingerprint density at radius 1 is 0.944 bits per heavy atom. The van der Waals surface area contributed by atoms with Gasteiger partial charge in [-0.3, -0.25) is 0 Å². The summed E-state index contributed by atoms with van der Waals surface area (Å²) in [5.41, 5.74) is 6.70. The largest absolute Gasteiger partial charge is 0.316 e. The molecule has 0 bridgehead atoms. The average molecular weight is 239 g/mol. The molecule has 0 saturated heterocycles. The molecule has 1 heteroatoms. The van der Waals surface area contributed by atoms with Crippen LogP contribution in [-0.4, -0.2) is 7.05 Å². The van der Waals surface area contributed by atoms with Crippen molar-refractivity contribution in [2.75, 3.05) is 7.05 Å². The Hall–Kier alpha value is -1.60. The van der Waals surface area contributed by atoms with Gasteiger partial charge in [0.05, 0.1) is 0 Å². The van der Waals surface area contributed by atoms with Crippen LogP contribution in [-0.2, 0) is 13.0 Å². The van der Waals surface area contributed by atoms with Crippen LogP contribution in [0.25, 0.3) is 11.1 Å². The predicted octanol–water partition coefficient (Wildman–Crippen LogP) is 3.94. The molecule has 1 N–H and O–H groups in total. The number of nitrogens with one attached hydrogen (secondary N) is 1. The first-order valence-corrected chi connectivity index (χ1v) is 6.58. The van der Waals surface area contributed by atoms with Gasteiger partial charge in [-0.05, 0) is 54.3 Å². The van der Waals surface area contributed by atoms with Crippen molar-refractivity contribution in [2.24, 2.45) is 0 Å². The Kier molecular flexibility index (Phi) is 4.16. The molecule has 0 unspecified atom stereocenters. The van der Waals surface area contributed by atoms with Gasteiger partial charge >= 0.3 is 0 Å². The van der Waals surface area contributed by atoms with Crippen molar-refractivity contribution in [3.8, 4) is 11.1 Å². The Morgan fingerprint density at radius 2 is 1.61 bits per heavy atom.